The number of unbranched alkanes of at least 4 members (excludes halogenated alkanes) is 1. The Balaban J connectivity index is 2.30. The minimum Gasteiger partial charge on any atom is -0.379 e. The van der Waals surface area contributed by atoms with Crippen LogP contribution < -0.4 is 5.73 Å². The number of nitrogens with two attached hydrogens (primary N) is 1. The molecular formula is C16H22FNO2. The van der Waals surface area contributed by atoms with E-state index in [1.54, 1.807) is 12.1 Å². The summed E-state index contributed by atoms with van der Waals surface area (Å²) in [6, 6.07) is 4.86. The van der Waals surface area contributed by atoms with Crippen molar-refractivity contribution in [2.75, 3.05) is 26.4 Å². The van der Waals surface area contributed by atoms with Crippen LogP contribution in [0, 0.1) is 17.7 Å². The van der Waals surface area contributed by atoms with Crippen LogP contribution in [0.5, 0.6) is 0 Å². The lowest BCUT2D eigenvalue weighted by atomic mass is 10.1. The molecule has 0 spiro atoms. The van der Waals surface area contributed by atoms with E-state index in [1.807, 2.05) is 0 Å². The fourth-order valence-corrected chi connectivity index (χ4v) is 1.54. The van der Waals surface area contributed by atoms with Gasteiger partial charge >= 0.3 is 0 Å². The number of rotatable bonds is 8. The van der Waals surface area contributed by atoms with Crippen LogP contribution in [-0.2, 0) is 16.1 Å². The Kier molecular flexibility index (Phi) is 8.64. The molecule has 20 heavy (non-hydrogen) atoms. The van der Waals surface area contributed by atoms with Crippen LogP contribution in [0.2, 0.25) is 0 Å². The molecule has 0 aliphatic rings. The molecule has 4 heteroatoms. The highest BCUT2D eigenvalue weighted by Gasteiger charge is 2.03. The molecule has 0 atom stereocenters. The predicted molar refractivity (Wildman–Crippen MR) is 77.7 cm³/mol. The van der Waals surface area contributed by atoms with Crippen molar-refractivity contribution in [1.82, 2.24) is 0 Å². The summed E-state index contributed by atoms with van der Waals surface area (Å²) in [7, 11) is 0. The maximum atomic E-state index is 13.7. The van der Waals surface area contributed by atoms with Gasteiger partial charge in [-0.1, -0.05) is 31.3 Å². The molecule has 0 aliphatic carbocycles. The van der Waals surface area contributed by atoms with Gasteiger partial charge in [0.1, 0.15) is 5.82 Å². The fraction of sp³-hybridized carbons (Fsp3) is 0.500. The van der Waals surface area contributed by atoms with Crippen molar-refractivity contribution in [2.24, 2.45) is 5.73 Å². The Morgan fingerprint density at radius 2 is 2.00 bits per heavy atom. The zero-order valence-electron chi connectivity index (χ0n) is 12.0. The molecule has 0 saturated carbocycles. The SMILES string of the molecule is CCCCOCCOCc1ccc(C#CCN)cc1F. The van der Waals surface area contributed by atoms with Crippen LogP contribution >= 0.6 is 0 Å². The van der Waals surface area contributed by atoms with Gasteiger partial charge in [0.2, 0.25) is 0 Å². The lowest BCUT2D eigenvalue weighted by Crippen LogP contribution is -2.06. The maximum Gasteiger partial charge on any atom is 0.129 e. The molecule has 1 aromatic carbocycles. The molecule has 0 amide bonds. The molecule has 0 heterocycles. The third-order valence-electron chi connectivity index (χ3n) is 2.66. The van der Waals surface area contributed by atoms with E-state index < -0.39 is 0 Å². The normalized spacial score (nSPS) is 10.2. The molecular weight excluding hydrogens is 257 g/mol. The van der Waals surface area contributed by atoms with Crippen LogP contribution in [0.15, 0.2) is 18.2 Å². The summed E-state index contributed by atoms with van der Waals surface area (Å²) in [5.74, 6) is 5.18. The number of hydrogen-bond acceptors (Lipinski definition) is 3. The average molecular weight is 279 g/mol. The van der Waals surface area contributed by atoms with Gasteiger partial charge in [0.25, 0.3) is 0 Å². The van der Waals surface area contributed by atoms with Crippen molar-refractivity contribution in [3.05, 3.63) is 35.1 Å². The Bertz CT molecular complexity index is 452. The van der Waals surface area contributed by atoms with Gasteiger partial charge in [0, 0.05) is 17.7 Å². The Morgan fingerprint density at radius 3 is 2.70 bits per heavy atom. The van der Waals surface area contributed by atoms with E-state index in [4.69, 9.17) is 15.2 Å². The van der Waals surface area contributed by atoms with Gasteiger partial charge in [-0.25, -0.2) is 4.39 Å². The smallest absolute Gasteiger partial charge is 0.129 e. The molecule has 0 fully saturated rings. The molecule has 2 N–H and O–H groups in total. The van der Waals surface area contributed by atoms with Gasteiger partial charge in [0.15, 0.2) is 0 Å². The summed E-state index contributed by atoms with van der Waals surface area (Å²) in [5.41, 5.74) is 6.42. The van der Waals surface area contributed by atoms with Gasteiger partial charge < -0.3 is 15.2 Å². The zero-order valence-corrected chi connectivity index (χ0v) is 12.0. The minimum atomic E-state index is -0.305. The lowest BCUT2D eigenvalue weighted by molar-refractivity contribution is 0.0388. The van der Waals surface area contributed by atoms with Crippen molar-refractivity contribution in [3.63, 3.8) is 0 Å². The highest BCUT2D eigenvalue weighted by molar-refractivity contribution is 5.37. The monoisotopic (exact) mass is 279 g/mol. The molecule has 0 bridgehead atoms. The highest BCUT2D eigenvalue weighted by Crippen LogP contribution is 2.11. The van der Waals surface area contributed by atoms with E-state index in [0.29, 0.717) is 24.3 Å². The van der Waals surface area contributed by atoms with Crippen molar-refractivity contribution >= 4 is 0 Å². The third-order valence-corrected chi connectivity index (χ3v) is 2.66. The quantitative estimate of drug-likeness (QED) is 0.587. The van der Waals surface area contributed by atoms with Gasteiger partial charge in [0.05, 0.1) is 26.4 Å². The summed E-state index contributed by atoms with van der Waals surface area (Å²) in [6.45, 7) is 4.39. The second-order valence-corrected chi connectivity index (χ2v) is 4.33. The Hall–Kier alpha value is -1.41. The molecule has 110 valence electrons. The predicted octanol–water partition coefficient (Wildman–Crippen LogP) is 2.47. The third kappa shape index (κ3) is 6.67. The molecule has 0 radical (unpaired) electrons. The first kappa shape index (κ1) is 16.6. The highest BCUT2D eigenvalue weighted by atomic mass is 19.1. The molecule has 0 aromatic heterocycles. The molecule has 0 aliphatic heterocycles. The standard InChI is InChI=1S/C16H22FNO2/c1-2-3-9-19-10-11-20-13-15-7-6-14(5-4-8-18)12-16(15)17/h6-7,12H,2-3,8-11,13,18H2,1H3. The first-order valence-electron chi connectivity index (χ1n) is 6.90. The topological polar surface area (TPSA) is 44.5 Å². The van der Waals surface area contributed by atoms with Crippen LogP contribution in [0.3, 0.4) is 0 Å². The van der Waals surface area contributed by atoms with Crippen molar-refractivity contribution < 1.29 is 13.9 Å². The van der Waals surface area contributed by atoms with Crippen molar-refractivity contribution in [2.45, 2.75) is 26.4 Å². The van der Waals surface area contributed by atoms with Crippen LogP contribution in [0.25, 0.3) is 0 Å². The second-order valence-electron chi connectivity index (χ2n) is 4.33. The van der Waals surface area contributed by atoms with E-state index >= 15 is 0 Å². The van der Waals surface area contributed by atoms with E-state index in [0.717, 1.165) is 19.4 Å². The van der Waals surface area contributed by atoms with Crippen molar-refractivity contribution in [1.29, 1.82) is 0 Å². The summed E-state index contributed by atoms with van der Waals surface area (Å²) in [4.78, 5) is 0. The fourth-order valence-electron chi connectivity index (χ4n) is 1.54. The number of ether oxygens (including phenoxy) is 2. The second kappa shape index (κ2) is 10.4. The maximum absolute atomic E-state index is 13.7. The summed E-state index contributed by atoms with van der Waals surface area (Å²) < 4.78 is 24.5. The van der Waals surface area contributed by atoms with E-state index in [-0.39, 0.29) is 19.0 Å². The summed E-state index contributed by atoms with van der Waals surface area (Å²) >= 11 is 0. The number of halogens is 1. The first-order valence-corrected chi connectivity index (χ1v) is 6.90. The molecule has 0 saturated heterocycles. The van der Waals surface area contributed by atoms with Gasteiger partial charge in [-0.05, 0) is 18.6 Å². The zero-order chi connectivity index (χ0) is 14.6. The van der Waals surface area contributed by atoms with Crippen LogP contribution in [0.4, 0.5) is 4.39 Å². The van der Waals surface area contributed by atoms with Crippen LogP contribution in [0.1, 0.15) is 30.9 Å². The first-order chi connectivity index (χ1) is 9.77. The van der Waals surface area contributed by atoms with Crippen LogP contribution in [-0.4, -0.2) is 26.4 Å². The summed E-state index contributed by atoms with van der Waals surface area (Å²) in [5, 5.41) is 0. The largest absolute Gasteiger partial charge is 0.379 e. The van der Waals surface area contributed by atoms with E-state index in [9.17, 15) is 4.39 Å². The molecule has 0 unspecified atom stereocenters. The van der Waals surface area contributed by atoms with Gasteiger partial charge in [-0.2, -0.15) is 0 Å². The molecule has 3 nitrogen and oxygen atoms in total. The van der Waals surface area contributed by atoms with Crippen molar-refractivity contribution in [3.8, 4) is 11.8 Å². The molecule has 1 rings (SSSR count). The van der Waals surface area contributed by atoms with E-state index in [1.165, 1.54) is 6.07 Å². The van der Waals surface area contributed by atoms with Gasteiger partial charge in [-0.3, -0.25) is 0 Å². The molecule has 1 aromatic rings. The Morgan fingerprint density at radius 1 is 1.20 bits per heavy atom. The number of hydrogen-bond donors (Lipinski definition) is 1. The average Bonchev–Trinajstić information content (AvgIpc) is 2.46. The number of benzene rings is 1. The lowest BCUT2D eigenvalue weighted by Gasteiger charge is -2.06. The Labute approximate surface area is 120 Å². The van der Waals surface area contributed by atoms with E-state index in [2.05, 4.69) is 18.8 Å². The van der Waals surface area contributed by atoms with Gasteiger partial charge in [-0.15, -0.1) is 0 Å². The minimum absolute atomic E-state index is 0.244. The summed E-state index contributed by atoms with van der Waals surface area (Å²) in [6.07, 6.45) is 2.17.